The highest BCUT2D eigenvalue weighted by Crippen LogP contribution is 2.47. The van der Waals surface area contributed by atoms with Gasteiger partial charge in [-0.05, 0) is 6.07 Å². The third-order valence-corrected chi connectivity index (χ3v) is 3.87. The zero-order valence-corrected chi connectivity index (χ0v) is 12.2. The molecule has 0 aliphatic carbocycles. The van der Waals surface area contributed by atoms with Crippen molar-refractivity contribution < 1.29 is 40.3 Å². The van der Waals surface area contributed by atoms with Gasteiger partial charge in [-0.15, -0.1) is 11.3 Å². The summed E-state index contributed by atoms with van der Waals surface area (Å²) in [5.41, 5.74) is -0.517. The molecule has 1 heterocycles. The van der Waals surface area contributed by atoms with Crippen LogP contribution in [0.3, 0.4) is 0 Å². The normalized spacial score (nSPS) is 13.3. The third-order valence-electron chi connectivity index (χ3n) is 2.38. The van der Waals surface area contributed by atoms with Crippen molar-refractivity contribution in [1.29, 1.82) is 0 Å². The van der Waals surface area contributed by atoms with Gasteiger partial charge in [0, 0.05) is 5.56 Å². The fourth-order valence-electron chi connectivity index (χ4n) is 1.24. The van der Waals surface area contributed by atoms with Crippen LogP contribution in [0.2, 0.25) is 8.67 Å². The first-order chi connectivity index (χ1) is 9.71. The molecule has 1 aromatic heterocycles. The molecule has 12 heteroatoms. The molecule has 0 aliphatic heterocycles. The topological polar surface area (TPSA) is 34.1 Å². The summed E-state index contributed by atoms with van der Waals surface area (Å²) in [7, 11) is 0. The quantitative estimate of drug-likeness (QED) is 0.401. The first-order valence-corrected chi connectivity index (χ1v) is 6.62. The van der Waals surface area contributed by atoms with Crippen LogP contribution in [-0.4, -0.2) is 29.6 Å². The Morgan fingerprint density at radius 3 is 1.91 bits per heavy atom. The van der Waals surface area contributed by atoms with E-state index in [0.29, 0.717) is 11.3 Å². The fourth-order valence-corrected chi connectivity index (χ4v) is 2.73. The number of carbonyl (C=O) groups excluding carboxylic acids is 2. The van der Waals surface area contributed by atoms with Crippen molar-refractivity contribution in [3.05, 3.63) is 20.3 Å². The molecule has 0 aromatic carbocycles. The highest BCUT2D eigenvalue weighted by molar-refractivity contribution is 7.20. The molecule has 0 spiro atoms. The predicted octanol–water partition coefficient (Wildman–Crippen LogP) is 5.03. The van der Waals surface area contributed by atoms with Crippen LogP contribution in [-0.2, 0) is 4.79 Å². The standard InChI is InChI=1S/C10H3Cl2F7O2S/c11-6-1-3(7(12)22-6)4(20)2-5(21)8(13,14)9(15,16)10(17,18)19/h1H,2H2. The van der Waals surface area contributed by atoms with Crippen LogP contribution in [0.1, 0.15) is 16.8 Å². The first kappa shape index (κ1) is 19.2. The van der Waals surface area contributed by atoms with Gasteiger partial charge >= 0.3 is 18.0 Å². The molecule has 0 bridgehead atoms. The second-order valence-corrected chi connectivity index (χ2v) is 6.19. The van der Waals surface area contributed by atoms with Crippen LogP contribution in [0.5, 0.6) is 0 Å². The summed E-state index contributed by atoms with van der Waals surface area (Å²) in [4.78, 5) is 22.5. The summed E-state index contributed by atoms with van der Waals surface area (Å²) in [6.45, 7) is 0. The molecule has 124 valence electrons. The van der Waals surface area contributed by atoms with E-state index in [4.69, 9.17) is 23.2 Å². The summed E-state index contributed by atoms with van der Waals surface area (Å²) in [6.07, 6.45) is -8.54. The minimum Gasteiger partial charge on any atom is -0.294 e. The molecule has 1 rings (SSSR count). The number of Topliss-reactive ketones (excluding diaryl/α,β-unsaturated/α-hetero) is 2. The van der Waals surface area contributed by atoms with Crippen LogP contribution >= 0.6 is 34.5 Å². The lowest BCUT2D eigenvalue weighted by molar-refractivity contribution is -0.343. The van der Waals surface area contributed by atoms with Crippen LogP contribution in [0.15, 0.2) is 6.07 Å². The number of carbonyl (C=O) groups is 2. The Morgan fingerprint density at radius 1 is 1.05 bits per heavy atom. The number of alkyl halides is 7. The second kappa shape index (κ2) is 5.97. The molecule has 22 heavy (non-hydrogen) atoms. The first-order valence-electron chi connectivity index (χ1n) is 5.05. The Hall–Kier alpha value is -0.870. The van der Waals surface area contributed by atoms with E-state index in [2.05, 4.69) is 0 Å². The van der Waals surface area contributed by atoms with Crippen LogP contribution in [0.4, 0.5) is 30.7 Å². The highest BCUT2D eigenvalue weighted by Gasteiger charge is 2.75. The molecule has 0 saturated carbocycles. The summed E-state index contributed by atoms with van der Waals surface area (Å²) in [6, 6.07) is 0.879. The molecule has 2 nitrogen and oxygen atoms in total. The van der Waals surface area contributed by atoms with E-state index in [-0.39, 0.29) is 8.67 Å². The monoisotopic (exact) mass is 390 g/mol. The third kappa shape index (κ3) is 3.38. The van der Waals surface area contributed by atoms with Gasteiger partial charge in [0.1, 0.15) is 4.34 Å². The van der Waals surface area contributed by atoms with E-state index in [1.165, 1.54) is 0 Å². The smallest absolute Gasteiger partial charge is 0.294 e. The maximum Gasteiger partial charge on any atom is 0.460 e. The number of hydrogen-bond acceptors (Lipinski definition) is 3. The fraction of sp³-hybridized carbons (Fsp3) is 0.400. The zero-order valence-electron chi connectivity index (χ0n) is 9.91. The van der Waals surface area contributed by atoms with E-state index in [1.807, 2.05) is 0 Å². The molecule has 0 fully saturated rings. The SMILES string of the molecule is O=C(CC(=O)C(F)(F)C(F)(F)C(F)(F)F)c1cc(Cl)sc1Cl. The Morgan fingerprint density at radius 2 is 1.55 bits per heavy atom. The Balaban J connectivity index is 3.02. The molecule has 0 unspecified atom stereocenters. The van der Waals surface area contributed by atoms with Crippen LogP contribution in [0.25, 0.3) is 0 Å². The minimum atomic E-state index is -6.65. The van der Waals surface area contributed by atoms with Gasteiger partial charge < -0.3 is 0 Å². The average molecular weight is 391 g/mol. The average Bonchev–Trinajstić information content (AvgIpc) is 2.66. The highest BCUT2D eigenvalue weighted by atomic mass is 35.5. The van der Waals surface area contributed by atoms with Crippen molar-refractivity contribution >= 4 is 46.1 Å². The summed E-state index contributed by atoms with van der Waals surface area (Å²) < 4.78 is 86.7. The molecule has 0 atom stereocenters. The van der Waals surface area contributed by atoms with Crippen molar-refractivity contribution in [2.45, 2.75) is 24.4 Å². The van der Waals surface area contributed by atoms with Crippen molar-refractivity contribution in [1.82, 2.24) is 0 Å². The number of hydrogen-bond donors (Lipinski definition) is 0. The van der Waals surface area contributed by atoms with Crippen LogP contribution < -0.4 is 0 Å². The molecule has 0 saturated heterocycles. The van der Waals surface area contributed by atoms with Crippen LogP contribution in [0, 0.1) is 0 Å². The molecule has 1 aromatic rings. The maximum absolute atomic E-state index is 13.0. The number of ketones is 2. The van der Waals surface area contributed by atoms with Crippen molar-refractivity contribution in [2.24, 2.45) is 0 Å². The second-order valence-electron chi connectivity index (χ2n) is 3.91. The van der Waals surface area contributed by atoms with Gasteiger partial charge in [0.05, 0.1) is 10.8 Å². The molecule has 0 N–H and O–H groups in total. The zero-order chi connectivity index (χ0) is 17.5. The van der Waals surface area contributed by atoms with E-state index in [1.54, 1.807) is 0 Å². The van der Waals surface area contributed by atoms with Gasteiger partial charge in [0.15, 0.2) is 5.78 Å². The molecular weight excluding hydrogens is 388 g/mol. The summed E-state index contributed by atoms with van der Waals surface area (Å²) in [5.74, 6) is -17.0. The molecule has 0 aliphatic rings. The van der Waals surface area contributed by atoms with Gasteiger partial charge in [-0.1, -0.05) is 23.2 Å². The Labute approximate surface area is 131 Å². The largest absolute Gasteiger partial charge is 0.460 e. The Kier molecular flexibility index (Phi) is 5.20. The predicted molar refractivity (Wildman–Crippen MR) is 64.2 cm³/mol. The minimum absolute atomic E-state index is 0.0619. The Bertz CT molecular complexity index is 609. The van der Waals surface area contributed by atoms with Crippen molar-refractivity contribution in [3.8, 4) is 0 Å². The lowest BCUT2D eigenvalue weighted by Gasteiger charge is -2.26. The van der Waals surface area contributed by atoms with E-state index >= 15 is 0 Å². The van der Waals surface area contributed by atoms with Gasteiger partial charge in [-0.3, -0.25) is 9.59 Å². The summed E-state index contributed by atoms with van der Waals surface area (Å²) in [5, 5.41) is 0. The van der Waals surface area contributed by atoms with Crippen molar-refractivity contribution in [2.75, 3.05) is 0 Å². The van der Waals surface area contributed by atoms with Crippen molar-refractivity contribution in [3.63, 3.8) is 0 Å². The van der Waals surface area contributed by atoms with Gasteiger partial charge in [0.25, 0.3) is 0 Å². The lowest BCUT2D eigenvalue weighted by Crippen LogP contribution is -2.56. The number of rotatable bonds is 5. The van der Waals surface area contributed by atoms with E-state index in [0.717, 1.165) is 6.07 Å². The number of halogens is 9. The molecule has 0 radical (unpaired) electrons. The van der Waals surface area contributed by atoms with Gasteiger partial charge in [0.2, 0.25) is 5.78 Å². The van der Waals surface area contributed by atoms with E-state index < -0.39 is 41.6 Å². The maximum atomic E-state index is 13.0. The van der Waals surface area contributed by atoms with Gasteiger partial charge in [-0.2, -0.15) is 30.7 Å². The van der Waals surface area contributed by atoms with Gasteiger partial charge in [-0.25, -0.2) is 0 Å². The molecule has 0 amide bonds. The summed E-state index contributed by atoms with van der Waals surface area (Å²) >= 11 is 11.6. The number of thiophene rings is 1. The van der Waals surface area contributed by atoms with E-state index in [9.17, 15) is 40.3 Å². The molecular formula is C10H3Cl2F7O2S. The lowest BCUT2D eigenvalue weighted by atomic mass is 10.0.